The summed E-state index contributed by atoms with van der Waals surface area (Å²) in [4.78, 5) is 37.2. The molecule has 0 atom stereocenters. The van der Waals surface area contributed by atoms with E-state index in [4.69, 9.17) is 5.11 Å². The number of nitrogens with one attached hydrogen (secondary N) is 1. The molecule has 0 aliphatic heterocycles. The van der Waals surface area contributed by atoms with Crippen LogP contribution in [0.3, 0.4) is 0 Å². The second-order valence-electron chi connectivity index (χ2n) is 5.72. The quantitative estimate of drug-likeness (QED) is 0.821. The van der Waals surface area contributed by atoms with Gasteiger partial charge in [-0.15, -0.1) is 11.3 Å². The zero-order valence-corrected chi connectivity index (χ0v) is 14.3. The number of carbonyl (C=O) groups is 3. The highest BCUT2D eigenvalue weighted by Gasteiger charge is 2.30. The van der Waals surface area contributed by atoms with E-state index in [2.05, 4.69) is 10.4 Å². The molecular weight excluding hydrogens is 332 g/mol. The van der Waals surface area contributed by atoms with Crippen molar-refractivity contribution < 1.29 is 19.5 Å². The van der Waals surface area contributed by atoms with E-state index in [-0.39, 0.29) is 12.5 Å². The van der Waals surface area contributed by atoms with Gasteiger partial charge >= 0.3 is 5.97 Å². The van der Waals surface area contributed by atoms with Crippen LogP contribution in [0, 0.1) is 0 Å². The molecule has 0 saturated carbocycles. The van der Waals surface area contributed by atoms with E-state index in [0.717, 1.165) is 0 Å². The second kappa shape index (κ2) is 6.83. The third kappa shape index (κ3) is 3.80. The number of rotatable bonds is 6. The van der Waals surface area contributed by atoms with Crippen LogP contribution < -0.4 is 5.32 Å². The molecule has 2 aromatic heterocycles. The van der Waals surface area contributed by atoms with Gasteiger partial charge in [0.05, 0.1) is 23.3 Å². The van der Waals surface area contributed by atoms with Crippen LogP contribution in [0.4, 0.5) is 5.69 Å². The summed E-state index contributed by atoms with van der Waals surface area (Å²) in [5.41, 5.74) is -0.860. The minimum atomic E-state index is -1.23. The van der Waals surface area contributed by atoms with Crippen LogP contribution in [0.1, 0.15) is 23.5 Å². The summed E-state index contributed by atoms with van der Waals surface area (Å²) in [5.74, 6) is -1.66. The molecule has 0 unspecified atom stereocenters. The SMILES string of the molecule is CN(CC(=O)Nc1cnn(C(C)(C)C(=O)O)c1)C(=O)c1cccs1. The average Bonchev–Trinajstić information content (AvgIpc) is 3.17. The van der Waals surface area contributed by atoms with Crippen molar-refractivity contribution in [2.45, 2.75) is 19.4 Å². The molecule has 24 heavy (non-hydrogen) atoms. The van der Waals surface area contributed by atoms with E-state index < -0.39 is 17.4 Å². The Morgan fingerprint density at radius 1 is 1.42 bits per heavy atom. The van der Waals surface area contributed by atoms with Crippen LogP contribution in [0.5, 0.6) is 0 Å². The smallest absolute Gasteiger partial charge is 0.331 e. The predicted octanol–water partition coefficient (Wildman–Crippen LogP) is 1.47. The molecule has 0 bridgehead atoms. The van der Waals surface area contributed by atoms with E-state index >= 15 is 0 Å². The molecule has 0 fully saturated rings. The summed E-state index contributed by atoms with van der Waals surface area (Å²) in [6, 6.07) is 3.46. The number of carbonyl (C=O) groups excluding carboxylic acids is 2. The number of hydrogen-bond acceptors (Lipinski definition) is 5. The van der Waals surface area contributed by atoms with Gasteiger partial charge in [0, 0.05) is 13.2 Å². The highest BCUT2D eigenvalue weighted by molar-refractivity contribution is 7.12. The number of hydrogen-bond donors (Lipinski definition) is 2. The fourth-order valence-electron chi connectivity index (χ4n) is 1.87. The molecule has 0 aliphatic carbocycles. The largest absolute Gasteiger partial charge is 0.479 e. The Kier molecular flexibility index (Phi) is 5.03. The van der Waals surface area contributed by atoms with Gasteiger partial charge in [-0.05, 0) is 25.3 Å². The Bertz CT molecular complexity index is 751. The molecule has 2 heterocycles. The van der Waals surface area contributed by atoms with Gasteiger partial charge < -0.3 is 15.3 Å². The van der Waals surface area contributed by atoms with Gasteiger partial charge in [0.1, 0.15) is 0 Å². The number of amides is 2. The summed E-state index contributed by atoms with van der Waals surface area (Å²) < 4.78 is 1.26. The van der Waals surface area contributed by atoms with Crippen LogP contribution in [0.2, 0.25) is 0 Å². The standard InChI is InChI=1S/C15H18N4O4S/c1-15(2,14(22)23)19-8-10(7-16-19)17-12(20)9-18(3)13(21)11-5-4-6-24-11/h4-8H,9H2,1-3H3,(H,17,20)(H,22,23). The van der Waals surface area contributed by atoms with Crippen molar-refractivity contribution in [1.29, 1.82) is 0 Å². The minimum absolute atomic E-state index is 0.121. The topological polar surface area (TPSA) is 105 Å². The Labute approximate surface area is 142 Å². The van der Waals surface area contributed by atoms with Gasteiger partial charge in [-0.3, -0.25) is 14.3 Å². The number of nitrogens with zero attached hydrogens (tertiary/aromatic N) is 3. The fourth-order valence-corrected chi connectivity index (χ4v) is 2.58. The van der Waals surface area contributed by atoms with Gasteiger partial charge in [0.2, 0.25) is 5.91 Å². The van der Waals surface area contributed by atoms with Crippen molar-refractivity contribution in [3.63, 3.8) is 0 Å². The molecule has 2 aromatic rings. The van der Waals surface area contributed by atoms with Crippen molar-refractivity contribution in [2.75, 3.05) is 18.9 Å². The van der Waals surface area contributed by atoms with Crippen molar-refractivity contribution in [1.82, 2.24) is 14.7 Å². The minimum Gasteiger partial charge on any atom is -0.479 e. The zero-order chi connectivity index (χ0) is 17.9. The Morgan fingerprint density at radius 2 is 2.12 bits per heavy atom. The van der Waals surface area contributed by atoms with Gasteiger partial charge in [0.25, 0.3) is 5.91 Å². The number of thiophene rings is 1. The number of carboxylic acids is 1. The average molecular weight is 350 g/mol. The van der Waals surface area contributed by atoms with Crippen molar-refractivity contribution in [3.8, 4) is 0 Å². The lowest BCUT2D eigenvalue weighted by atomic mass is 10.1. The fraction of sp³-hybridized carbons (Fsp3) is 0.333. The summed E-state index contributed by atoms with van der Waals surface area (Å²) >= 11 is 1.31. The summed E-state index contributed by atoms with van der Waals surface area (Å²) in [5, 5.41) is 17.5. The van der Waals surface area contributed by atoms with Gasteiger partial charge in [0.15, 0.2) is 5.54 Å². The molecule has 2 rings (SSSR count). The predicted molar refractivity (Wildman–Crippen MR) is 89.1 cm³/mol. The van der Waals surface area contributed by atoms with Gasteiger partial charge in [-0.2, -0.15) is 5.10 Å². The first-order valence-corrected chi connectivity index (χ1v) is 7.97. The maximum atomic E-state index is 12.1. The Morgan fingerprint density at radius 3 is 2.71 bits per heavy atom. The second-order valence-corrected chi connectivity index (χ2v) is 6.67. The van der Waals surface area contributed by atoms with Crippen LogP contribution in [-0.2, 0) is 15.1 Å². The van der Waals surface area contributed by atoms with Gasteiger partial charge in [-0.1, -0.05) is 6.07 Å². The highest BCUT2D eigenvalue weighted by atomic mass is 32.1. The van der Waals surface area contributed by atoms with Crippen LogP contribution in [0.25, 0.3) is 0 Å². The lowest BCUT2D eigenvalue weighted by molar-refractivity contribution is -0.146. The third-order valence-corrected chi connectivity index (χ3v) is 4.28. The Balaban J connectivity index is 1.97. The zero-order valence-electron chi connectivity index (χ0n) is 13.5. The molecule has 0 saturated heterocycles. The lowest BCUT2D eigenvalue weighted by Crippen LogP contribution is -2.36. The summed E-state index contributed by atoms with van der Waals surface area (Å²) in [6.45, 7) is 2.88. The molecule has 0 spiro atoms. The third-order valence-electron chi connectivity index (χ3n) is 3.42. The molecule has 8 nitrogen and oxygen atoms in total. The van der Waals surface area contributed by atoms with Crippen molar-refractivity contribution >= 4 is 34.8 Å². The highest BCUT2D eigenvalue weighted by Crippen LogP contribution is 2.17. The van der Waals surface area contributed by atoms with Crippen LogP contribution in [0.15, 0.2) is 29.9 Å². The van der Waals surface area contributed by atoms with E-state index in [1.54, 1.807) is 24.6 Å². The molecule has 128 valence electrons. The number of likely N-dealkylation sites (N-methyl/N-ethyl adjacent to an activating group) is 1. The van der Waals surface area contributed by atoms with Crippen molar-refractivity contribution in [3.05, 3.63) is 34.8 Å². The first-order valence-electron chi connectivity index (χ1n) is 7.09. The normalized spacial score (nSPS) is 11.1. The van der Waals surface area contributed by atoms with E-state index in [1.807, 2.05) is 0 Å². The molecule has 0 aliphatic rings. The maximum absolute atomic E-state index is 12.1. The van der Waals surface area contributed by atoms with E-state index in [0.29, 0.717) is 10.6 Å². The van der Waals surface area contributed by atoms with Crippen LogP contribution >= 0.6 is 11.3 Å². The van der Waals surface area contributed by atoms with E-state index in [9.17, 15) is 14.4 Å². The molecule has 0 aromatic carbocycles. The molecule has 0 radical (unpaired) electrons. The van der Waals surface area contributed by atoms with Gasteiger partial charge in [-0.25, -0.2) is 4.79 Å². The molecular formula is C15H18N4O4S. The number of aromatic nitrogens is 2. The molecule has 2 amide bonds. The summed E-state index contributed by atoms with van der Waals surface area (Å²) in [7, 11) is 1.54. The summed E-state index contributed by atoms with van der Waals surface area (Å²) in [6.07, 6.45) is 2.80. The number of aliphatic carboxylic acids is 1. The first-order chi connectivity index (χ1) is 11.2. The number of anilines is 1. The maximum Gasteiger partial charge on any atom is 0.331 e. The molecule has 2 N–H and O–H groups in total. The Hall–Kier alpha value is -2.68. The number of carboxylic acid groups (broad SMARTS) is 1. The van der Waals surface area contributed by atoms with E-state index in [1.165, 1.54) is 47.2 Å². The first kappa shape index (κ1) is 17.7. The lowest BCUT2D eigenvalue weighted by Gasteiger charge is -2.19. The van der Waals surface area contributed by atoms with Crippen LogP contribution in [-0.4, -0.2) is 51.2 Å². The van der Waals surface area contributed by atoms with Crippen molar-refractivity contribution in [2.24, 2.45) is 0 Å². The monoisotopic (exact) mass is 350 g/mol. The molecule has 9 heteroatoms.